The molecule has 4 aromatic rings. The number of amidine groups is 1. The first kappa shape index (κ1) is 23.2. The van der Waals surface area contributed by atoms with E-state index in [2.05, 4.69) is 10.3 Å². The fourth-order valence-corrected chi connectivity index (χ4v) is 4.35. The van der Waals surface area contributed by atoms with Crippen molar-refractivity contribution in [2.75, 3.05) is 5.32 Å². The SMILES string of the molecule is Cc1nc(-c2cccc(C(=N)N)c2)c(C(=O)Nc2ccc(-c3ccccc3C(F)(F)F)cc2)s1. The van der Waals surface area contributed by atoms with E-state index in [0.29, 0.717) is 38.0 Å². The standard InChI is InChI=1S/C25H19F3N4OS/c1-14-31-21(16-5-4-6-17(13-16)23(29)30)22(34-14)24(33)32-18-11-9-15(10-12-18)19-7-2-3-8-20(19)25(26,27)28/h2-13H,1H3,(H3,29,30)(H,32,33). The second kappa shape index (κ2) is 9.11. The van der Waals surface area contributed by atoms with Gasteiger partial charge in [0.15, 0.2) is 0 Å². The zero-order chi connectivity index (χ0) is 24.5. The van der Waals surface area contributed by atoms with Crippen molar-refractivity contribution in [2.24, 2.45) is 5.73 Å². The average Bonchev–Trinajstić information content (AvgIpc) is 3.21. The number of nitrogens with two attached hydrogens (primary N) is 1. The molecule has 0 aliphatic rings. The molecule has 5 nitrogen and oxygen atoms in total. The van der Waals surface area contributed by atoms with Gasteiger partial charge < -0.3 is 11.1 Å². The summed E-state index contributed by atoms with van der Waals surface area (Å²) in [6, 6.07) is 18.5. The van der Waals surface area contributed by atoms with Gasteiger partial charge in [0.2, 0.25) is 0 Å². The Morgan fingerprint density at radius 2 is 1.71 bits per heavy atom. The second-order valence-electron chi connectivity index (χ2n) is 7.48. The van der Waals surface area contributed by atoms with Crippen LogP contribution in [0.2, 0.25) is 0 Å². The van der Waals surface area contributed by atoms with Crippen LogP contribution in [0.1, 0.15) is 25.8 Å². The highest BCUT2D eigenvalue weighted by Gasteiger charge is 2.33. The van der Waals surface area contributed by atoms with Crippen LogP contribution < -0.4 is 11.1 Å². The number of halogens is 3. The molecule has 3 aromatic carbocycles. The zero-order valence-electron chi connectivity index (χ0n) is 17.9. The minimum Gasteiger partial charge on any atom is -0.384 e. The number of alkyl halides is 3. The topological polar surface area (TPSA) is 91.9 Å². The van der Waals surface area contributed by atoms with Gasteiger partial charge in [-0.1, -0.05) is 48.5 Å². The molecule has 0 saturated heterocycles. The first-order valence-electron chi connectivity index (χ1n) is 10.1. The number of carbonyl (C=O) groups excluding carboxylic acids is 1. The number of nitrogens with one attached hydrogen (secondary N) is 2. The molecule has 34 heavy (non-hydrogen) atoms. The van der Waals surface area contributed by atoms with Crippen molar-refractivity contribution < 1.29 is 18.0 Å². The number of hydrogen-bond donors (Lipinski definition) is 3. The molecule has 0 radical (unpaired) electrons. The Kier molecular flexibility index (Phi) is 6.21. The highest BCUT2D eigenvalue weighted by molar-refractivity contribution is 7.14. The van der Waals surface area contributed by atoms with E-state index in [4.69, 9.17) is 11.1 Å². The van der Waals surface area contributed by atoms with Crippen molar-refractivity contribution in [2.45, 2.75) is 13.1 Å². The summed E-state index contributed by atoms with van der Waals surface area (Å²) in [5.41, 5.74) is 7.40. The third-order valence-electron chi connectivity index (χ3n) is 5.07. The van der Waals surface area contributed by atoms with Crippen molar-refractivity contribution in [1.82, 2.24) is 4.98 Å². The predicted molar refractivity (Wildman–Crippen MR) is 128 cm³/mol. The molecule has 0 fully saturated rings. The number of amides is 1. The molecule has 4 N–H and O–H groups in total. The van der Waals surface area contributed by atoms with E-state index in [1.165, 1.54) is 35.6 Å². The van der Waals surface area contributed by atoms with Crippen LogP contribution in [0.25, 0.3) is 22.4 Å². The number of nitrogens with zero attached hydrogens (tertiary/aromatic N) is 1. The van der Waals surface area contributed by atoms with Crippen molar-refractivity contribution in [3.63, 3.8) is 0 Å². The van der Waals surface area contributed by atoms with Crippen LogP contribution in [-0.4, -0.2) is 16.7 Å². The Labute approximate surface area is 197 Å². The van der Waals surface area contributed by atoms with Gasteiger partial charge >= 0.3 is 6.18 Å². The van der Waals surface area contributed by atoms with Crippen LogP contribution >= 0.6 is 11.3 Å². The molecule has 172 valence electrons. The lowest BCUT2D eigenvalue weighted by Gasteiger charge is -2.13. The molecular weight excluding hydrogens is 461 g/mol. The predicted octanol–water partition coefficient (Wildman–Crippen LogP) is 6.34. The van der Waals surface area contributed by atoms with Crippen molar-refractivity contribution >= 4 is 28.8 Å². The van der Waals surface area contributed by atoms with Gasteiger partial charge in [-0.05, 0) is 42.3 Å². The molecule has 1 amide bonds. The van der Waals surface area contributed by atoms with Gasteiger partial charge in [-0.25, -0.2) is 4.98 Å². The third kappa shape index (κ3) is 4.84. The van der Waals surface area contributed by atoms with Gasteiger partial charge in [0.25, 0.3) is 5.91 Å². The second-order valence-corrected chi connectivity index (χ2v) is 8.68. The van der Waals surface area contributed by atoms with Gasteiger partial charge in [0.1, 0.15) is 10.7 Å². The summed E-state index contributed by atoms with van der Waals surface area (Å²) in [5, 5.41) is 11.1. The monoisotopic (exact) mass is 480 g/mol. The molecule has 1 aromatic heterocycles. The smallest absolute Gasteiger partial charge is 0.384 e. The molecule has 0 unspecified atom stereocenters. The quantitative estimate of drug-likeness (QED) is 0.230. The van der Waals surface area contributed by atoms with E-state index in [1.807, 2.05) is 0 Å². The molecule has 0 spiro atoms. The van der Waals surface area contributed by atoms with Crippen LogP contribution in [0.3, 0.4) is 0 Å². The fourth-order valence-electron chi connectivity index (χ4n) is 3.51. The van der Waals surface area contributed by atoms with Gasteiger partial charge in [0, 0.05) is 16.8 Å². The summed E-state index contributed by atoms with van der Waals surface area (Å²) in [6.07, 6.45) is -4.47. The van der Waals surface area contributed by atoms with Gasteiger partial charge in [-0.3, -0.25) is 10.2 Å². The number of rotatable bonds is 5. The fraction of sp³-hybridized carbons (Fsp3) is 0.0800. The molecular formula is C25H19F3N4OS. The van der Waals surface area contributed by atoms with Gasteiger partial charge in [0.05, 0.1) is 16.3 Å². The molecule has 0 aliphatic carbocycles. The lowest BCUT2D eigenvalue weighted by atomic mass is 9.99. The first-order valence-corrected chi connectivity index (χ1v) is 11.0. The highest BCUT2D eigenvalue weighted by atomic mass is 32.1. The molecule has 0 atom stereocenters. The summed E-state index contributed by atoms with van der Waals surface area (Å²) in [5.74, 6) is -0.482. The maximum absolute atomic E-state index is 13.3. The number of nitrogen functional groups attached to an aromatic ring is 1. The number of carbonyl (C=O) groups is 1. The maximum atomic E-state index is 13.3. The Morgan fingerprint density at radius 3 is 2.38 bits per heavy atom. The Hall–Kier alpha value is -3.98. The summed E-state index contributed by atoms with van der Waals surface area (Å²) >= 11 is 1.22. The van der Waals surface area contributed by atoms with E-state index in [0.717, 1.165) is 6.07 Å². The normalized spacial score (nSPS) is 11.3. The van der Waals surface area contributed by atoms with Crippen LogP contribution in [0.5, 0.6) is 0 Å². The number of anilines is 1. The Morgan fingerprint density at radius 1 is 1.00 bits per heavy atom. The first-order chi connectivity index (χ1) is 16.1. The molecule has 0 saturated carbocycles. The zero-order valence-corrected chi connectivity index (χ0v) is 18.7. The maximum Gasteiger partial charge on any atom is 0.417 e. The van der Waals surface area contributed by atoms with Crippen molar-refractivity contribution in [3.8, 4) is 22.4 Å². The number of aryl methyl sites for hydroxylation is 1. The molecule has 1 heterocycles. The lowest BCUT2D eigenvalue weighted by Crippen LogP contribution is -2.12. The Bertz CT molecular complexity index is 1380. The molecule has 0 bridgehead atoms. The summed E-state index contributed by atoms with van der Waals surface area (Å²) in [6.45, 7) is 1.78. The molecule has 9 heteroatoms. The van der Waals surface area contributed by atoms with E-state index in [-0.39, 0.29) is 11.4 Å². The minimum atomic E-state index is -4.47. The summed E-state index contributed by atoms with van der Waals surface area (Å²) < 4.78 is 40.0. The number of aromatic nitrogens is 1. The lowest BCUT2D eigenvalue weighted by molar-refractivity contribution is -0.137. The van der Waals surface area contributed by atoms with Crippen LogP contribution in [0, 0.1) is 12.3 Å². The van der Waals surface area contributed by atoms with Gasteiger partial charge in [-0.2, -0.15) is 13.2 Å². The van der Waals surface area contributed by atoms with E-state index in [1.54, 1.807) is 49.4 Å². The molecule has 4 rings (SSSR count). The third-order valence-corrected chi connectivity index (χ3v) is 6.04. The van der Waals surface area contributed by atoms with E-state index < -0.39 is 17.6 Å². The average molecular weight is 481 g/mol. The van der Waals surface area contributed by atoms with E-state index in [9.17, 15) is 18.0 Å². The number of hydrogen-bond acceptors (Lipinski definition) is 4. The van der Waals surface area contributed by atoms with Crippen LogP contribution in [-0.2, 0) is 6.18 Å². The summed E-state index contributed by atoms with van der Waals surface area (Å²) in [7, 11) is 0. The molecule has 0 aliphatic heterocycles. The number of thiazole rings is 1. The van der Waals surface area contributed by atoms with E-state index >= 15 is 0 Å². The highest BCUT2D eigenvalue weighted by Crippen LogP contribution is 2.37. The van der Waals surface area contributed by atoms with Crippen LogP contribution in [0.15, 0.2) is 72.8 Å². The Balaban J connectivity index is 1.60. The van der Waals surface area contributed by atoms with Gasteiger partial charge in [-0.15, -0.1) is 11.3 Å². The van der Waals surface area contributed by atoms with Crippen molar-refractivity contribution in [3.05, 3.63) is 93.8 Å². The summed E-state index contributed by atoms with van der Waals surface area (Å²) in [4.78, 5) is 17.9. The van der Waals surface area contributed by atoms with Crippen LogP contribution in [0.4, 0.5) is 18.9 Å². The minimum absolute atomic E-state index is 0.0681. The largest absolute Gasteiger partial charge is 0.417 e. The van der Waals surface area contributed by atoms with Crippen molar-refractivity contribution in [1.29, 1.82) is 5.41 Å². The number of benzene rings is 3.